The zero-order valence-electron chi connectivity index (χ0n) is 19.2. The van der Waals surface area contributed by atoms with Gasteiger partial charge in [0.1, 0.15) is 17.0 Å². The SMILES string of the molecule is CC(C)(O)c1cc(OC2CC2)cnc1-c1ccc(C2(C(=O)Nc3ccc(F)cc3)COC2)cc1. The fraction of sp³-hybridized carbons (Fsp3) is 0.333. The maximum Gasteiger partial charge on any atom is 0.239 e. The van der Waals surface area contributed by atoms with Gasteiger partial charge >= 0.3 is 0 Å². The van der Waals surface area contributed by atoms with Crippen LogP contribution >= 0.6 is 0 Å². The van der Waals surface area contributed by atoms with E-state index >= 15 is 0 Å². The van der Waals surface area contributed by atoms with Gasteiger partial charge in [0.05, 0.1) is 36.8 Å². The van der Waals surface area contributed by atoms with Gasteiger partial charge in [0.2, 0.25) is 5.91 Å². The van der Waals surface area contributed by atoms with Gasteiger partial charge in [-0.2, -0.15) is 0 Å². The molecule has 3 aromatic rings. The zero-order chi connectivity index (χ0) is 23.9. The van der Waals surface area contributed by atoms with Crippen molar-refractivity contribution < 1.29 is 23.8 Å². The number of anilines is 1. The molecule has 0 radical (unpaired) electrons. The van der Waals surface area contributed by atoms with Crippen molar-refractivity contribution in [3.63, 3.8) is 0 Å². The molecule has 176 valence electrons. The number of carbonyl (C=O) groups is 1. The summed E-state index contributed by atoms with van der Waals surface area (Å²) in [6, 6.07) is 15.1. The van der Waals surface area contributed by atoms with Crippen molar-refractivity contribution in [2.45, 2.75) is 43.8 Å². The molecule has 0 spiro atoms. The van der Waals surface area contributed by atoms with E-state index in [2.05, 4.69) is 10.3 Å². The van der Waals surface area contributed by atoms with Gasteiger partial charge in [0.25, 0.3) is 0 Å². The highest BCUT2D eigenvalue weighted by Crippen LogP contribution is 2.38. The number of halogens is 1. The van der Waals surface area contributed by atoms with Crippen LogP contribution < -0.4 is 10.1 Å². The van der Waals surface area contributed by atoms with E-state index in [0.717, 1.165) is 24.0 Å². The fourth-order valence-corrected chi connectivity index (χ4v) is 4.05. The Morgan fingerprint density at radius 3 is 2.38 bits per heavy atom. The molecule has 0 atom stereocenters. The molecule has 0 bridgehead atoms. The molecule has 2 heterocycles. The van der Waals surface area contributed by atoms with Crippen molar-refractivity contribution in [2.75, 3.05) is 18.5 Å². The minimum absolute atomic E-state index is 0.199. The molecule has 1 aromatic heterocycles. The number of benzene rings is 2. The van der Waals surface area contributed by atoms with Gasteiger partial charge in [-0.1, -0.05) is 24.3 Å². The lowest BCUT2D eigenvalue weighted by atomic mass is 9.77. The maximum absolute atomic E-state index is 13.2. The number of pyridine rings is 1. The van der Waals surface area contributed by atoms with E-state index in [-0.39, 0.29) is 31.0 Å². The number of hydrogen-bond acceptors (Lipinski definition) is 5. The summed E-state index contributed by atoms with van der Waals surface area (Å²) >= 11 is 0. The largest absolute Gasteiger partial charge is 0.489 e. The molecule has 1 saturated carbocycles. The summed E-state index contributed by atoms with van der Waals surface area (Å²) in [4.78, 5) is 17.7. The summed E-state index contributed by atoms with van der Waals surface area (Å²) in [7, 11) is 0. The number of aliphatic hydroxyl groups is 1. The van der Waals surface area contributed by atoms with Crippen LogP contribution in [0.25, 0.3) is 11.3 Å². The third kappa shape index (κ3) is 4.41. The summed E-state index contributed by atoms with van der Waals surface area (Å²) in [5.74, 6) is 0.0967. The average Bonchev–Trinajstić information content (AvgIpc) is 3.59. The van der Waals surface area contributed by atoms with Gasteiger partial charge in [-0.05, 0) is 62.6 Å². The summed E-state index contributed by atoms with van der Waals surface area (Å²) < 4.78 is 24.5. The lowest BCUT2D eigenvalue weighted by Gasteiger charge is -2.40. The van der Waals surface area contributed by atoms with E-state index in [9.17, 15) is 14.3 Å². The zero-order valence-corrected chi connectivity index (χ0v) is 19.2. The first-order valence-electron chi connectivity index (χ1n) is 11.4. The third-order valence-corrected chi connectivity index (χ3v) is 6.29. The molecule has 1 saturated heterocycles. The molecule has 1 aliphatic carbocycles. The van der Waals surface area contributed by atoms with Crippen LogP contribution in [0.1, 0.15) is 37.8 Å². The number of nitrogens with one attached hydrogen (secondary N) is 1. The maximum atomic E-state index is 13.2. The molecule has 5 rings (SSSR count). The Morgan fingerprint density at radius 2 is 1.82 bits per heavy atom. The van der Waals surface area contributed by atoms with Crippen LogP contribution in [0.4, 0.5) is 10.1 Å². The van der Waals surface area contributed by atoms with Crippen molar-refractivity contribution in [2.24, 2.45) is 0 Å². The predicted molar refractivity (Wildman–Crippen MR) is 126 cm³/mol. The van der Waals surface area contributed by atoms with E-state index in [1.54, 1.807) is 20.0 Å². The van der Waals surface area contributed by atoms with E-state index in [1.165, 1.54) is 24.3 Å². The lowest BCUT2D eigenvalue weighted by molar-refractivity contribution is -0.139. The Balaban J connectivity index is 1.41. The molecular weight excluding hydrogens is 435 g/mol. The highest BCUT2D eigenvalue weighted by atomic mass is 19.1. The van der Waals surface area contributed by atoms with Crippen LogP contribution in [-0.4, -0.2) is 35.3 Å². The normalized spacial score (nSPS) is 17.1. The first-order valence-corrected chi connectivity index (χ1v) is 11.4. The Bertz CT molecular complexity index is 1190. The second-order valence-electron chi connectivity index (χ2n) is 9.56. The van der Waals surface area contributed by atoms with Crippen LogP contribution in [0.5, 0.6) is 5.75 Å². The number of aromatic nitrogens is 1. The quantitative estimate of drug-likeness (QED) is 0.538. The van der Waals surface area contributed by atoms with Gasteiger partial charge in [0, 0.05) is 16.8 Å². The third-order valence-electron chi connectivity index (χ3n) is 6.29. The number of hydrogen-bond donors (Lipinski definition) is 2. The minimum Gasteiger partial charge on any atom is -0.489 e. The average molecular weight is 463 g/mol. The number of amides is 1. The smallest absolute Gasteiger partial charge is 0.239 e. The van der Waals surface area contributed by atoms with Crippen molar-refractivity contribution >= 4 is 11.6 Å². The number of nitrogens with zero attached hydrogens (tertiary/aromatic N) is 1. The van der Waals surface area contributed by atoms with Crippen LogP contribution in [0.15, 0.2) is 60.8 Å². The molecule has 2 fully saturated rings. The van der Waals surface area contributed by atoms with Gasteiger partial charge < -0.3 is 19.9 Å². The highest BCUT2D eigenvalue weighted by Gasteiger charge is 2.47. The molecule has 34 heavy (non-hydrogen) atoms. The lowest BCUT2D eigenvalue weighted by Crippen LogP contribution is -2.55. The number of ether oxygens (including phenoxy) is 2. The second-order valence-corrected chi connectivity index (χ2v) is 9.56. The van der Waals surface area contributed by atoms with Crippen molar-refractivity contribution in [3.05, 3.63) is 77.7 Å². The number of rotatable bonds is 7. The molecule has 1 aliphatic heterocycles. The molecule has 6 nitrogen and oxygen atoms in total. The number of carbonyl (C=O) groups excluding carboxylic acids is 1. The van der Waals surface area contributed by atoms with E-state index in [1.807, 2.05) is 30.3 Å². The molecule has 1 amide bonds. The monoisotopic (exact) mass is 462 g/mol. The fourth-order valence-electron chi connectivity index (χ4n) is 4.05. The molecular formula is C27H27FN2O4. The van der Waals surface area contributed by atoms with Crippen LogP contribution in [0, 0.1) is 5.82 Å². The Morgan fingerprint density at radius 1 is 1.15 bits per heavy atom. The van der Waals surface area contributed by atoms with Gasteiger partial charge in [-0.25, -0.2) is 4.39 Å². The first-order chi connectivity index (χ1) is 16.2. The Labute approximate surface area is 197 Å². The van der Waals surface area contributed by atoms with Crippen LogP contribution in [0.3, 0.4) is 0 Å². The van der Waals surface area contributed by atoms with Crippen molar-refractivity contribution in [1.29, 1.82) is 0 Å². The molecule has 2 aromatic carbocycles. The summed E-state index contributed by atoms with van der Waals surface area (Å²) in [5.41, 5.74) is 1.59. The Kier molecular flexibility index (Phi) is 5.62. The summed E-state index contributed by atoms with van der Waals surface area (Å²) in [6.07, 6.45) is 4.01. The second kappa shape index (κ2) is 8.49. The topological polar surface area (TPSA) is 80.7 Å². The highest BCUT2D eigenvalue weighted by molar-refractivity contribution is 6.00. The Hall–Kier alpha value is -3.29. The van der Waals surface area contributed by atoms with Crippen molar-refractivity contribution in [1.82, 2.24) is 4.98 Å². The standard InChI is InChI=1S/C27H27FN2O4/c1-26(2,32)23-13-22(34-21-11-12-21)14-29-24(23)17-3-5-18(6-4-17)27(15-33-16-27)25(31)30-20-9-7-19(28)8-10-20/h3-10,13-14,21,32H,11-12,15-16H2,1-2H3,(H,30,31). The van der Waals surface area contributed by atoms with Crippen molar-refractivity contribution in [3.8, 4) is 17.0 Å². The van der Waals surface area contributed by atoms with Gasteiger partial charge in [-0.3, -0.25) is 9.78 Å². The van der Waals surface area contributed by atoms with Crippen LogP contribution in [-0.2, 0) is 20.5 Å². The van der Waals surface area contributed by atoms with E-state index in [0.29, 0.717) is 22.7 Å². The predicted octanol–water partition coefficient (Wildman–Crippen LogP) is 4.56. The van der Waals surface area contributed by atoms with E-state index in [4.69, 9.17) is 9.47 Å². The molecule has 2 N–H and O–H groups in total. The van der Waals surface area contributed by atoms with Gasteiger partial charge in [0.15, 0.2) is 0 Å². The van der Waals surface area contributed by atoms with Gasteiger partial charge in [-0.15, -0.1) is 0 Å². The molecule has 2 aliphatic rings. The molecule has 7 heteroatoms. The summed E-state index contributed by atoms with van der Waals surface area (Å²) in [6.45, 7) is 3.98. The molecule has 0 unspecified atom stereocenters. The van der Waals surface area contributed by atoms with E-state index < -0.39 is 11.0 Å². The minimum atomic E-state index is -1.11. The first kappa shape index (κ1) is 22.5. The van der Waals surface area contributed by atoms with Crippen LogP contribution in [0.2, 0.25) is 0 Å². The summed E-state index contributed by atoms with van der Waals surface area (Å²) in [5, 5.41) is 13.6.